The summed E-state index contributed by atoms with van der Waals surface area (Å²) >= 11 is 0. The fraction of sp³-hybridized carbons (Fsp3) is 0.500. The van der Waals surface area contributed by atoms with Gasteiger partial charge in [0.2, 0.25) is 11.8 Å². The van der Waals surface area contributed by atoms with Gasteiger partial charge in [0.05, 0.1) is 18.7 Å². The second kappa shape index (κ2) is 7.03. The summed E-state index contributed by atoms with van der Waals surface area (Å²) in [5.74, 6) is 0.105. The van der Waals surface area contributed by atoms with Gasteiger partial charge in [-0.05, 0) is 37.0 Å². The molecule has 0 aromatic heterocycles. The van der Waals surface area contributed by atoms with Gasteiger partial charge in [-0.25, -0.2) is 0 Å². The van der Waals surface area contributed by atoms with E-state index in [0.29, 0.717) is 12.8 Å². The van der Waals surface area contributed by atoms with E-state index >= 15 is 0 Å². The molecule has 6 heteroatoms. The highest BCUT2D eigenvalue weighted by atomic mass is 16.5. The monoisotopic (exact) mass is 330 g/mol. The summed E-state index contributed by atoms with van der Waals surface area (Å²) in [6.07, 6.45) is 3.63. The average Bonchev–Trinajstić information content (AvgIpc) is 2.61. The van der Waals surface area contributed by atoms with Gasteiger partial charge in [-0.3, -0.25) is 14.9 Å². The van der Waals surface area contributed by atoms with E-state index in [0.717, 1.165) is 49.2 Å². The molecule has 1 aromatic rings. The number of hydrogen-bond acceptors (Lipinski definition) is 5. The molecule has 2 fully saturated rings. The third kappa shape index (κ3) is 3.27. The number of rotatable bonds is 4. The van der Waals surface area contributed by atoms with Crippen LogP contribution in [0.4, 0.5) is 5.69 Å². The Kier molecular flexibility index (Phi) is 4.83. The number of nitrogens with zero attached hydrogens (tertiary/aromatic N) is 1. The fourth-order valence-electron chi connectivity index (χ4n) is 3.46. The molecule has 2 aliphatic heterocycles. The number of ether oxygens (including phenoxy) is 1. The molecule has 0 saturated carbocycles. The Balaban J connectivity index is 1.79. The van der Waals surface area contributed by atoms with Crippen molar-refractivity contribution in [3.05, 3.63) is 23.8 Å². The molecular formula is C18H22N2O4. The fourth-order valence-corrected chi connectivity index (χ4v) is 3.46. The van der Waals surface area contributed by atoms with Crippen LogP contribution in [0.25, 0.3) is 0 Å². The first-order valence-electron chi connectivity index (χ1n) is 8.34. The molecular weight excluding hydrogens is 308 g/mol. The number of imide groups is 1. The molecule has 3 rings (SSSR count). The molecule has 2 amide bonds. The van der Waals surface area contributed by atoms with Crippen LogP contribution in [0.2, 0.25) is 0 Å². The van der Waals surface area contributed by atoms with E-state index in [1.807, 2.05) is 18.2 Å². The van der Waals surface area contributed by atoms with Gasteiger partial charge in [0, 0.05) is 25.4 Å². The van der Waals surface area contributed by atoms with Gasteiger partial charge in [-0.1, -0.05) is 6.07 Å². The molecule has 1 atom stereocenters. The minimum atomic E-state index is -0.313. The molecule has 24 heavy (non-hydrogen) atoms. The molecule has 128 valence electrons. The van der Waals surface area contributed by atoms with Crippen molar-refractivity contribution in [1.82, 2.24) is 5.32 Å². The van der Waals surface area contributed by atoms with Crippen LogP contribution < -0.4 is 15.0 Å². The molecule has 2 heterocycles. The summed E-state index contributed by atoms with van der Waals surface area (Å²) in [4.78, 5) is 36.5. The zero-order valence-electron chi connectivity index (χ0n) is 13.8. The van der Waals surface area contributed by atoms with Crippen molar-refractivity contribution in [3.63, 3.8) is 0 Å². The van der Waals surface area contributed by atoms with Crippen LogP contribution in [-0.4, -0.2) is 38.3 Å². The summed E-state index contributed by atoms with van der Waals surface area (Å²) in [6, 6.07) is 5.80. The number of hydrogen-bond donors (Lipinski definition) is 1. The summed E-state index contributed by atoms with van der Waals surface area (Å²) in [5.41, 5.74) is 1.85. The van der Waals surface area contributed by atoms with Crippen molar-refractivity contribution in [1.29, 1.82) is 0 Å². The molecule has 1 N–H and O–H groups in total. The number of aldehydes is 1. The third-order valence-corrected chi connectivity index (χ3v) is 4.92. The Bertz CT molecular complexity index is 650. The van der Waals surface area contributed by atoms with Crippen molar-refractivity contribution in [2.75, 3.05) is 25.1 Å². The third-order valence-electron chi connectivity index (χ3n) is 4.92. The summed E-state index contributed by atoms with van der Waals surface area (Å²) < 4.78 is 5.53. The first kappa shape index (κ1) is 16.5. The number of piperidine rings is 2. The van der Waals surface area contributed by atoms with Crippen molar-refractivity contribution >= 4 is 23.8 Å². The first-order chi connectivity index (χ1) is 11.6. The smallest absolute Gasteiger partial charge is 0.234 e. The van der Waals surface area contributed by atoms with Gasteiger partial charge in [-0.2, -0.15) is 0 Å². The van der Waals surface area contributed by atoms with Crippen molar-refractivity contribution in [2.24, 2.45) is 5.92 Å². The van der Waals surface area contributed by atoms with E-state index in [-0.39, 0.29) is 23.7 Å². The number of benzene rings is 1. The maximum Gasteiger partial charge on any atom is 0.234 e. The molecule has 0 aliphatic carbocycles. The van der Waals surface area contributed by atoms with Gasteiger partial charge in [0.1, 0.15) is 12.0 Å². The van der Waals surface area contributed by atoms with Crippen molar-refractivity contribution in [2.45, 2.75) is 31.6 Å². The van der Waals surface area contributed by atoms with E-state index in [1.165, 1.54) is 0 Å². The lowest BCUT2D eigenvalue weighted by Gasteiger charge is -2.33. The number of methoxy groups -OCH3 is 1. The highest BCUT2D eigenvalue weighted by Gasteiger charge is 2.29. The molecule has 0 bridgehead atoms. The molecule has 0 spiro atoms. The van der Waals surface area contributed by atoms with Crippen molar-refractivity contribution in [3.8, 4) is 5.75 Å². The predicted octanol–water partition coefficient (Wildman–Crippen LogP) is 1.63. The number of carbonyl (C=O) groups excluding carboxylic acids is 3. The molecule has 1 unspecified atom stereocenters. The second-order valence-corrected chi connectivity index (χ2v) is 6.40. The van der Waals surface area contributed by atoms with Gasteiger partial charge in [0.15, 0.2) is 0 Å². The Morgan fingerprint density at radius 2 is 1.96 bits per heavy atom. The van der Waals surface area contributed by atoms with Gasteiger partial charge >= 0.3 is 0 Å². The van der Waals surface area contributed by atoms with Crippen LogP contribution in [0.3, 0.4) is 0 Å². The predicted molar refractivity (Wildman–Crippen MR) is 89.1 cm³/mol. The number of anilines is 1. The number of amides is 2. The Morgan fingerprint density at radius 3 is 2.58 bits per heavy atom. The first-order valence-corrected chi connectivity index (χ1v) is 8.34. The minimum absolute atomic E-state index is 0.148. The highest BCUT2D eigenvalue weighted by Crippen LogP contribution is 2.35. The second-order valence-electron chi connectivity index (χ2n) is 6.40. The molecule has 2 saturated heterocycles. The minimum Gasteiger partial charge on any atom is -0.495 e. The van der Waals surface area contributed by atoms with Gasteiger partial charge < -0.3 is 14.4 Å². The summed E-state index contributed by atoms with van der Waals surface area (Å²) in [7, 11) is 1.62. The molecule has 6 nitrogen and oxygen atoms in total. The maximum atomic E-state index is 12.0. The normalized spacial score (nSPS) is 22.2. The lowest BCUT2D eigenvalue weighted by molar-refractivity contribution is -0.134. The number of nitrogens with one attached hydrogen (secondary N) is 1. The van der Waals surface area contributed by atoms with Crippen LogP contribution >= 0.6 is 0 Å². The maximum absolute atomic E-state index is 12.0. The van der Waals surface area contributed by atoms with Crippen LogP contribution in [0.5, 0.6) is 5.75 Å². The quantitative estimate of drug-likeness (QED) is 0.671. The van der Waals surface area contributed by atoms with E-state index in [2.05, 4.69) is 10.2 Å². The van der Waals surface area contributed by atoms with Crippen LogP contribution in [0.15, 0.2) is 18.2 Å². The van der Waals surface area contributed by atoms with Crippen LogP contribution in [0, 0.1) is 5.92 Å². The average molecular weight is 330 g/mol. The van der Waals surface area contributed by atoms with E-state index in [9.17, 15) is 14.4 Å². The zero-order chi connectivity index (χ0) is 17.1. The van der Waals surface area contributed by atoms with E-state index < -0.39 is 0 Å². The summed E-state index contributed by atoms with van der Waals surface area (Å²) in [6.45, 7) is 1.63. The van der Waals surface area contributed by atoms with E-state index in [1.54, 1.807) is 7.11 Å². The number of carbonyl (C=O) groups is 3. The van der Waals surface area contributed by atoms with Gasteiger partial charge in [0.25, 0.3) is 0 Å². The molecule has 0 radical (unpaired) electrons. The van der Waals surface area contributed by atoms with Crippen LogP contribution in [-0.2, 0) is 14.4 Å². The topological polar surface area (TPSA) is 75.7 Å². The molecule has 1 aromatic carbocycles. The Hall–Kier alpha value is -2.37. The SMILES string of the molecule is COc1cc(C2CCC(=O)NC2=O)ccc1N1CCC(C=O)CC1. The van der Waals surface area contributed by atoms with E-state index in [4.69, 9.17) is 4.74 Å². The van der Waals surface area contributed by atoms with Crippen LogP contribution in [0.1, 0.15) is 37.2 Å². The van der Waals surface area contributed by atoms with Gasteiger partial charge in [-0.15, -0.1) is 0 Å². The lowest BCUT2D eigenvalue weighted by atomic mass is 9.90. The largest absolute Gasteiger partial charge is 0.495 e. The highest BCUT2D eigenvalue weighted by molar-refractivity contribution is 6.01. The zero-order valence-corrected chi connectivity index (χ0v) is 13.8. The standard InChI is InChI=1S/C18H22N2O4/c1-24-16-10-13(14-3-5-17(22)19-18(14)23)2-4-15(16)20-8-6-12(11-21)7-9-20/h2,4,10-12,14H,3,5-9H2,1H3,(H,19,22,23). The Morgan fingerprint density at radius 1 is 1.21 bits per heavy atom. The summed E-state index contributed by atoms with van der Waals surface area (Å²) in [5, 5.41) is 2.39. The Labute approximate surface area is 141 Å². The lowest BCUT2D eigenvalue weighted by Crippen LogP contribution is -2.39. The van der Waals surface area contributed by atoms with Crippen molar-refractivity contribution < 1.29 is 19.1 Å². The molecule has 2 aliphatic rings.